The number of nitrogens with one attached hydrogen (secondary N) is 1. The summed E-state index contributed by atoms with van der Waals surface area (Å²) >= 11 is 0. The molecule has 1 saturated heterocycles. The molecule has 5 heteroatoms. The normalized spacial score (nSPS) is 17.6. The summed E-state index contributed by atoms with van der Waals surface area (Å²) in [6, 6.07) is 0. The predicted octanol–water partition coefficient (Wildman–Crippen LogP) is 2.24. The van der Waals surface area contributed by atoms with Gasteiger partial charge in [0.15, 0.2) is 0 Å². The van der Waals surface area contributed by atoms with E-state index >= 15 is 0 Å². The first-order valence-electron chi connectivity index (χ1n) is 7.60. The number of carbonyl (C=O) groups excluding carboxylic acids is 1. The fraction of sp³-hybridized carbons (Fsp3) is 0.733. The Morgan fingerprint density at radius 3 is 2.30 bits per heavy atom. The lowest BCUT2D eigenvalue weighted by atomic mass is 10.1. The Morgan fingerprint density at radius 2 is 1.75 bits per heavy atom. The van der Waals surface area contributed by atoms with Gasteiger partial charge < -0.3 is 5.32 Å². The predicted molar refractivity (Wildman–Crippen MR) is 80.8 cm³/mol. The van der Waals surface area contributed by atoms with Gasteiger partial charge in [-0.25, -0.2) is 0 Å². The van der Waals surface area contributed by atoms with Crippen LogP contribution in [0, 0.1) is 13.8 Å². The van der Waals surface area contributed by atoms with Crippen molar-refractivity contribution in [2.45, 2.75) is 46.0 Å². The highest BCUT2D eigenvalue weighted by Crippen LogP contribution is 2.18. The highest BCUT2D eigenvalue weighted by atomic mass is 16.2. The third-order valence-electron chi connectivity index (χ3n) is 4.09. The summed E-state index contributed by atoms with van der Waals surface area (Å²) in [6.45, 7) is 6.48. The molecule has 0 aromatic carbocycles. The van der Waals surface area contributed by atoms with Gasteiger partial charge in [0, 0.05) is 7.05 Å². The summed E-state index contributed by atoms with van der Waals surface area (Å²) in [4.78, 5) is 14.5. The molecule has 0 spiro atoms. The molecule has 0 aliphatic carbocycles. The van der Waals surface area contributed by atoms with Crippen molar-refractivity contribution in [3.05, 3.63) is 11.4 Å². The van der Waals surface area contributed by atoms with Gasteiger partial charge in [0.1, 0.15) is 0 Å². The minimum atomic E-state index is 0.0739. The maximum Gasteiger partial charge on any atom is 0.238 e. The zero-order chi connectivity index (χ0) is 14.5. The van der Waals surface area contributed by atoms with Crippen LogP contribution in [0.5, 0.6) is 0 Å². The summed E-state index contributed by atoms with van der Waals surface area (Å²) in [5.41, 5.74) is 2.75. The number of anilines is 1. The molecule has 1 aliphatic heterocycles. The van der Waals surface area contributed by atoms with Crippen LogP contribution in [0.4, 0.5) is 5.69 Å². The Morgan fingerprint density at radius 1 is 1.15 bits per heavy atom. The van der Waals surface area contributed by atoms with Crippen LogP contribution in [0.2, 0.25) is 0 Å². The standard InChI is InChI=1S/C15H26N4O/c1-12-15(13(2)18(3)17-12)16-14(20)11-19-9-7-5-4-6-8-10-19/h4-11H2,1-3H3,(H,16,20). The van der Waals surface area contributed by atoms with Gasteiger partial charge in [0.25, 0.3) is 0 Å². The third kappa shape index (κ3) is 3.82. The number of amides is 1. The van der Waals surface area contributed by atoms with Gasteiger partial charge in [-0.2, -0.15) is 5.10 Å². The monoisotopic (exact) mass is 278 g/mol. The summed E-state index contributed by atoms with van der Waals surface area (Å²) in [7, 11) is 1.90. The van der Waals surface area contributed by atoms with Crippen molar-refractivity contribution in [1.82, 2.24) is 14.7 Å². The lowest BCUT2D eigenvalue weighted by Gasteiger charge is -2.23. The van der Waals surface area contributed by atoms with Gasteiger partial charge in [-0.1, -0.05) is 19.3 Å². The molecule has 1 amide bonds. The van der Waals surface area contributed by atoms with Crippen LogP contribution in [0.15, 0.2) is 0 Å². The smallest absolute Gasteiger partial charge is 0.238 e. The van der Waals surface area contributed by atoms with Crippen LogP contribution in [-0.4, -0.2) is 40.2 Å². The van der Waals surface area contributed by atoms with Crippen LogP contribution < -0.4 is 5.32 Å². The van der Waals surface area contributed by atoms with Crippen molar-refractivity contribution in [3.8, 4) is 0 Å². The molecule has 0 radical (unpaired) electrons. The first-order valence-corrected chi connectivity index (χ1v) is 7.60. The molecular weight excluding hydrogens is 252 g/mol. The van der Waals surface area contributed by atoms with E-state index in [9.17, 15) is 4.79 Å². The van der Waals surface area contributed by atoms with Gasteiger partial charge in [0.2, 0.25) is 5.91 Å². The molecular formula is C15H26N4O. The third-order valence-corrected chi connectivity index (χ3v) is 4.09. The number of hydrogen-bond acceptors (Lipinski definition) is 3. The zero-order valence-electron chi connectivity index (χ0n) is 12.9. The Labute approximate surface area is 121 Å². The first-order chi connectivity index (χ1) is 9.58. The largest absolute Gasteiger partial charge is 0.322 e. The molecule has 0 atom stereocenters. The molecule has 2 rings (SSSR count). The maximum atomic E-state index is 12.2. The summed E-state index contributed by atoms with van der Waals surface area (Å²) in [5.74, 6) is 0.0739. The number of nitrogens with zero attached hydrogens (tertiary/aromatic N) is 3. The van der Waals surface area contributed by atoms with Gasteiger partial charge in [0.05, 0.1) is 23.6 Å². The minimum absolute atomic E-state index is 0.0739. The number of likely N-dealkylation sites (tertiary alicyclic amines) is 1. The molecule has 20 heavy (non-hydrogen) atoms. The molecule has 0 saturated carbocycles. The molecule has 1 aromatic heterocycles. The van der Waals surface area contributed by atoms with Crippen LogP contribution >= 0.6 is 0 Å². The van der Waals surface area contributed by atoms with Gasteiger partial charge >= 0.3 is 0 Å². The van der Waals surface area contributed by atoms with E-state index in [4.69, 9.17) is 0 Å². The van der Waals surface area contributed by atoms with E-state index in [1.165, 1.54) is 32.1 Å². The van der Waals surface area contributed by atoms with E-state index in [0.29, 0.717) is 6.54 Å². The van der Waals surface area contributed by atoms with Crippen molar-refractivity contribution in [1.29, 1.82) is 0 Å². The molecule has 1 aliphatic rings. The molecule has 1 aromatic rings. The number of aryl methyl sites for hydroxylation is 2. The van der Waals surface area contributed by atoms with Gasteiger partial charge in [-0.3, -0.25) is 14.4 Å². The minimum Gasteiger partial charge on any atom is -0.322 e. The zero-order valence-corrected chi connectivity index (χ0v) is 12.9. The van der Waals surface area contributed by atoms with Gasteiger partial charge in [-0.15, -0.1) is 0 Å². The van der Waals surface area contributed by atoms with Crippen LogP contribution in [0.3, 0.4) is 0 Å². The fourth-order valence-corrected chi connectivity index (χ4v) is 2.81. The molecule has 5 nitrogen and oxygen atoms in total. The fourth-order valence-electron chi connectivity index (χ4n) is 2.81. The second-order valence-corrected chi connectivity index (χ2v) is 5.76. The Balaban J connectivity index is 1.91. The average molecular weight is 278 g/mol. The SMILES string of the molecule is Cc1nn(C)c(C)c1NC(=O)CN1CCCCCCC1. The van der Waals surface area contributed by atoms with Crippen molar-refractivity contribution in [2.24, 2.45) is 7.05 Å². The highest BCUT2D eigenvalue weighted by Gasteiger charge is 2.16. The molecule has 1 N–H and O–H groups in total. The van der Waals surface area contributed by atoms with Crippen molar-refractivity contribution >= 4 is 11.6 Å². The summed E-state index contributed by atoms with van der Waals surface area (Å²) in [5, 5.41) is 7.34. The molecule has 112 valence electrons. The van der Waals surface area contributed by atoms with Crippen molar-refractivity contribution in [2.75, 3.05) is 25.0 Å². The second kappa shape index (κ2) is 6.88. The quantitative estimate of drug-likeness (QED) is 0.922. The summed E-state index contributed by atoms with van der Waals surface area (Å²) < 4.78 is 1.81. The van der Waals surface area contributed by atoms with E-state index in [2.05, 4.69) is 15.3 Å². The number of rotatable bonds is 3. The van der Waals surface area contributed by atoms with Crippen LogP contribution in [0.25, 0.3) is 0 Å². The average Bonchev–Trinajstić information content (AvgIpc) is 2.59. The van der Waals surface area contributed by atoms with E-state index in [-0.39, 0.29) is 5.91 Å². The van der Waals surface area contributed by atoms with E-state index in [1.54, 1.807) is 4.68 Å². The van der Waals surface area contributed by atoms with E-state index in [1.807, 2.05) is 20.9 Å². The molecule has 0 unspecified atom stereocenters. The Kier molecular flexibility index (Phi) is 5.17. The number of aromatic nitrogens is 2. The number of carbonyl (C=O) groups is 1. The van der Waals surface area contributed by atoms with E-state index < -0.39 is 0 Å². The lowest BCUT2D eigenvalue weighted by Crippen LogP contribution is -2.35. The number of hydrogen-bond donors (Lipinski definition) is 1. The lowest BCUT2D eigenvalue weighted by molar-refractivity contribution is -0.117. The van der Waals surface area contributed by atoms with Gasteiger partial charge in [-0.05, 0) is 39.8 Å². The van der Waals surface area contributed by atoms with Crippen molar-refractivity contribution < 1.29 is 4.79 Å². The Hall–Kier alpha value is -1.36. The molecule has 2 heterocycles. The second-order valence-electron chi connectivity index (χ2n) is 5.76. The molecule has 0 bridgehead atoms. The highest BCUT2D eigenvalue weighted by molar-refractivity contribution is 5.93. The van der Waals surface area contributed by atoms with Crippen LogP contribution in [-0.2, 0) is 11.8 Å². The first kappa shape index (κ1) is 15.0. The van der Waals surface area contributed by atoms with E-state index in [0.717, 1.165) is 30.2 Å². The Bertz CT molecular complexity index is 459. The topological polar surface area (TPSA) is 50.2 Å². The maximum absolute atomic E-state index is 12.2. The van der Waals surface area contributed by atoms with Crippen LogP contribution in [0.1, 0.15) is 43.5 Å². The van der Waals surface area contributed by atoms with Crippen molar-refractivity contribution in [3.63, 3.8) is 0 Å². The summed E-state index contributed by atoms with van der Waals surface area (Å²) in [6.07, 6.45) is 6.34. The molecule has 1 fully saturated rings.